The molecule has 0 spiro atoms. The van der Waals surface area contributed by atoms with Gasteiger partial charge in [-0.05, 0) is 49.3 Å². The van der Waals surface area contributed by atoms with Crippen molar-refractivity contribution in [2.75, 3.05) is 20.2 Å². The summed E-state index contributed by atoms with van der Waals surface area (Å²) < 4.78 is 5.32. The first-order chi connectivity index (χ1) is 10.8. The van der Waals surface area contributed by atoms with Crippen molar-refractivity contribution in [3.63, 3.8) is 0 Å². The Morgan fingerprint density at radius 1 is 1.09 bits per heavy atom. The van der Waals surface area contributed by atoms with Gasteiger partial charge in [0.25, 0.3) is 0 Å². The number of piperidine rings is 1. The lowest BCUT2D eigenvalue weighted by Gasteiger charge is -2.35. The molecule has 1 aromatic carbocycles. The Balaban J connectivity index is 1.56. The lowest BCUT2D eigenvalue weighted by molar-refractivity contribution is -0.137. The van der Waals surface area contributed by atoms with E-state index in [1.54, 1.807) is 7.11 Å². The topological polar surface area (TPSA) is 29.5 Å². The van der Waals surface area contributed by atoms with E-state index in [9.17, 15) is 4.79 Å². The molecule has 3 nitrogen and oxygen atoms in total. The van der Waals surface area contributed by atoms with E-state index < -0.39 is 0 Å². The van der Waals surface area contributed by atoms with Crippen molar-refractivity contribution in [1.82, 2.24) is 4.90 Å². The normalized spacial score (nSPS) is 20.9. The van der Waals surface area contributed by atoms with Crippen LogP contribution in [0, 0.1) is 5.92 Å². The van der Waals surface area contributed by atoms with Crippen molar-refractivity contribution < 1.29 is 9.53 Å². The molecule has 120 valence electrons. The molecule has 0 radical (unpaired) electrons. The summed E-state index contributed by atoms with van der Waals surface area (Å²) in [5, 5.41) is 0. The Kier molecular flexibility index (Phi) is 5.01. The van der Waals surface area contributed by atoms with Gasteiger partial charge in [0.2, 0.25) is 5.91 Å². The number of amides is 1. The Labute approximate surface area is 133 Å². The number of nitrogens with zero attached hydrogens (tertiary/aromatic N) is 1. The number of ether oxygens (including phenoxy) is 1. The van der Waals surface area contributed by atoms with Crippen LogP contribution in [-0.2, 0) is 4.79 Å². The third-order valence-corrected chi connectivity index (χ3v) is 5.33. The van der Waals surface area contributed by atoms with Crippen LogP contribution in [0.1, 0.15) is 56.4 Å². The minimum atomic E-state index is 0.308. The van der Waals surface area contributed by atoms with Crippen molar-refractivity contribution in [3.8, 4) is 5.75 Å². The fourth-order valence-electron chi connectivity index (χ4n) is 3.94. The van der Waals surface area contributed by atoms with Gasteiger partial charge in [0, 0.05) is 19.0 Å². The molecule has 2 fully saturated rings. The van der Waals surface area contributed by atoms with Crippen molar-refractivity contribution in [2.45, 2.75) is 50.9 Å². The lowest BCUT2D eigenvalue weighted by Crippen LogP contribution is -2.41. The summed E-state index contributed by atoms with van der Waals surface area (Å²) >= 11 is 0. The van der Waals surface area contributed by atoms with E-state index in [1.807, 2.05) is 6.07 Å². The van der Waals surface area contributed by atoms with Gasteiger partial charge in [-0.3, -0.25) is 4.79 Å². The van der Waals surface area contributed by atoms with Crippen LogP contribution in [0.4, 0.5) is 0 Å². The highest BCUT2D eigenvalue weighted by atomic mass is 16.5. The standard InChI is InChI=1S/C19H27NO2/c1-22-18-9-5-8-17(14-18)15-10-12-20(13-11-15)19(21)16-6-3-2-4-7-16/h5,8-9,14-16H,2-4,6-7,10-13H2,1H3. The largest absolute Gasteiger partial charge is 0.497 e. The number of carbonyl (C=O) groups excluding carboxylic acids is 1. The monoisotopic (exact) mass is 301 g/mol. The molecule has 1 aliphatic heterocycles. The molecule has 1 saturated heterocycles. The Morgan fingerprint density at radius 3 is 2.50 bits per heavy atom. The first-order valence-corrected chi connectivity index (χ1v) is 8.70. The highest BCUT2D eigenvalue weighted by Gasteiger charge is 2.29. The molecule has 0 atom stereocenters. The smallest absolute Gasteiger partial charge is 0.225 e. The van der Waals surface area contributed by atoms with Gasteiger partial charge in [-0.1, -0.05) is 31.4 Å². The van der Waals surface area contributed by atoms with E-state index in [0.29, 0.717) is 17.7 Å². The molecule has 0 aromatic heterocycles. The van der Waals surface area contributed by atoms with Crippen LogP contribution in [0.25, 0.3) is 0 Å². The van der Waals surface area contributed by atoms with E-state index in [4.69, 9.17) is 4.74 Å². The summed E-state index contributed by atoms with van der Waals surface area (Å²) in [6, 6.07) is 8.38. The quantitative estimate of drug-likeness (QED) is 0.845. The van der Waals surface area contributed by atoms with Crippen LogP contribution >= 0.6 is 0 Å². The first-order valence-electron chi connectivity index (χ1n) is 8.70. The van der Waals surface area contributed by atoms with Crippen LogP contribution < -0.4 is 4.74 Å². The Bertz CT molecular complexity index is 500. The molecule has 0 bridgehead atoms. The lowest BCUT2D eigenvalue weighted by atomic mass is 9.86. The second-order valence-electron chi connectivity index (χ2n) is 6.71. The highest BCUT2D eigenvalue weighted by Crippen LogP contribution is 2.32. The highest BCUT2D eigenvalue weighted by molar-refractivity contribution is 5.79. The summed E-state index contributed by atoms with van der Waals surface area (Å²) in [6.45, 7) is 1.83. The molecular weight excluding hydrogens is 274 g/mol. The van der Waals surface area contributed by atoms with Gasteiger partial charge in [0.15, 0.2) is 0 Å². The van der Waals surface area contributed by atoms with E-state index in [2.05, 4.69) is 23.1 Å². The molecule has 2 aliphatic rings. The van der Waals surface area contributed by atoms with Crippen molar-refractivity contribution in [3.05, 3.63) is 29.8 Å². The molecular formula is C19H27NO2. The van der Waals surface area contributed by atoms with Crippen molar-refractivity contribution >= 4 is 5.91 Å². The summed E-state index contributed by atoms with van der Waals surface area (Å²) in [6.07, 6.45) is 8.13. The second-order valence-corrected chi connectivity index (χ2v) is 6.71. The third-order valence-electron chi connectivity index (χ3n) is 5.33. The van der Waals surface area contributed by atoms with Crippen LogP contribution in [0.5, 0.6) is 5.75 Å². The molecule has 0 N–H and O–H groups in total. The van der Waals surface area contributed by atoms with Crippen LogP contribution in [0.2, 0.25) is 0 Å². The molecule has 1 heterocycles. The van der Waals surface area contributed by atoms with Crippen LogP contribution in [0.15, 0.2) is 24.3 Å². The van der Waals surface area contributed by atoms with Crippen molar-refractivity contribution in [1.29, 1.82) is 0 Å². The van der Waals surface area contributed by atoms with Gasteiger partial charge in [0.1, 0.15) is 5.75 Å². The molecule has 3 rings (SSSR count). The van der Waals surface area contributed by atoms with E-state index in [1.165, 1.54) is 24.8 Å². The molecule has 1 aliphatic carbocycles. The average molecular weight is 301 g/mol. The third kappa shape index (κ3) is 3.45. The van der Waals surface area contributed by atoms with Gasteiger partial charge in [-0.15, -0.1) is 0 Å². The molecule has 1 aromatic rings. The molecule has 22 heavy (non-hydrogen) atoms. The number of likely N-dealkylation sites (tertiary alicyclic amines) is 1. The van der Waals surface area contributed by atoms with E-state index >= 15 is 0 Å². The fraction of sp³-hybridized carbons (Fsp3) is 0.632. The van der Waals surface area contributed by atoms with Gasteiger partial charge >= 0.3 is 0 Å². The van der Waals surface area contributed by atoms with Crippen LogP contribution in [0.3, 0.4) is 0 Å². The zero-order chi connectivity index (χ0) is 15.4. The van der Waals surface area contributed by atoms with Crippen LogP contribution in [-0.4, -0.2) is 31.0 Å². The predicted octanol–water partition coefficient (Wildman–Crippen LogP) is 3.98. The van der Waals surface area contributed by atoms with E-state index in [0.717, 1.165) is 44.5 Å². The number of benzene rings is 1. The van der Waals surface area contributed by atoms with Crippen molar-refractivity contribution in [2.24, 2.45) is 5.92 Å². The van der Waals surface area contributed by atoms with Gasteiger partial charge in [-0.2, -0.15) is 0 Å². The first kappa shape index (κ1) is 15.4. The fourth-order valence-corrected chi connectivity index (χ4v) is 3.94. The average Bonchev–Trinajstić information content (AvgIpc) is 2.62. The minimum Gasteiger partial charge on any atom is -0.497 e. The number of hydrogen-bond acceptors (Lipinski definition) is 2. The zero-order valence-corrected chi connectivity index (χ0v) is 13.6. The number of methoxy groups -OCH3 is 1. The number of rotatable bonds is 3. The second kappa shape index (κ2) is 7.17. The maximum absolute atomic E-state index is 12.6. The molecule has 1 amide bonds. The summed E-state index contributed by atoms with van der Waals surface area (Å²) in [7, 11) is 1.71. The minimum absolute atomic E-state index is 0.308. The van der Waals surface area contributed by atoms with Gasteiger partial charge < -0.3 is 9.64 Å². The summed E-state index contributed by atoms with van der Waals surface area (Å²) in [5.74, 6) is 2.22. The molecule has 3 heteroatoms. The zero-order valence-electron chi connectivity index (χ0n) is 13.6. The summed E-state index contributed by atoms with van der Waals surface area (Å²) in [5.41, 5.74) is 1.35. The molecule has 0 unspecified atom stereocenters. The maximum atomic E-state index is 12.6. The SMILES string of the molecule is COc1cccc(C2CCN(C(=O)C3CCCCC3)CC2)c1. The maximum Gasteiger partial charge on any atom is 0.225 e. The Hall–Kier alpha value is -1.51. The van der Waals surface area contributed by atoms with E-state index in [-0.39, 0.29) is 0 Å². The number of carbonyl (C=O) groups is 1. The summed E-state index contributed by atoms with van der Waals surface area (Å²) in [4.78, 5) is 14.7. The van der Waals surface area contributed by atoms with Gasteiger partial charge in [0.05, 0.1) is 7.11 Å². The Morgan fingerprint density at radius 2 is 1.82 bits per heavy atom. The number of hydrogen-bond donors (Lipinski definition) is 0. The van der Waals surface area contributed by atoms with Gasteiger partial charge in [-0.25, -0.2) is 0 Å². The predicted molar refractivity (Wildman–Crippen MR) is 88.1 cm³/mol. The molecule has 1 saturated carbocycles.